The molecule has 0 spiro atoms. The van der Waals surface area contributed by atoms with E-state index in [1.165, 1.54) is 0 Å². The highest BCUT2D eigenvalue weighted by Crippen LogP contribution is 2.45. The van der Waals surface area contributed by atoms with Crippen molar-refractivity contribution < 1.29 is 9.32 Å². The van der Waals surface area contributed by atoms with Gasteiger partial charge in [-0.05, 0) is 26.2 Å². The Morgan fingerprint density at radius 1 is 1.50 bits per heavy atom. The van der Waals surface area contributed by atoms with Crippen LogP contribution < -0.4 is 0 Å². The fourth-order valence-electron chi connectivity index (χ4n) is 2.01. The highest BCUT2D eigenvalue weighted by Gasteiger charge is 2.42. The van der Waals surface area contributed by atoms with Crippen LogP contribution in [0.3, 0.4) is 0 Å². The van der Waals surface area contributed by atoms with Crippen LogP contribution in [0.5, 0.6) is 0 Å². The quantitative estimate of drug-likeness (QED) is 0.812. The number of rotatable bonds is 4. The van der Waals surface area contributed by atoms with E-state index in [-0.39, 0.29) is 10.2 Å². The predicted octanol–water partition coefficient (Wildman–Crippen LogP) is 2.14. The van der Waals surface area contributed by atoms with Gasteiger partial charge in [0.15, 0.2) is 0 Å². The predicted molar refractivity (Wildman–Crippen MR) is 64.0 cm³/mol. The minimum Gasteiger partial charge on any atom is -0.393 e. The zero-order valence-corrected chi connectivity index (χ0v) is 10.8. The summed E-state index contributed by atoms with van der Waals surface area (Å²) >= 11 is 1.79. The Morgan fingerprint density at radius 3 is 2.50 bits per heavy atom. The van der Waals surface area contributed by atoms with Crippen LogP contribution in [0.4, 0.5) is 0 Å². The van der Waals surface area contributed by atoms with Gasteiger partial charge in [0.1, 0.15) is 0 Å². The largest absolute Gasteiger partial charge is 0.393 e. The molecule has 0 aliphatic carbocycles. The first kappa shape index (κ1) is 12.5. The summed E-state index contributed by atoms with van der Waals surface area (Å²) in [5.74, 6) is 0.812. The van der Waals surface area contributed by atoms with Gasteiger partial charge in [-0.1, -0.05) is 13.8 Å². The van der Waals surface area contributed by atoms with Crippen LogP contribution in [0.1, 0.15) is 40.0 Å². The number of aliphatic hydroxyl groups excluding tert-OH is 1. The molecule has 3 atom stereocenters. The molecule has 2 nitrogen and oxygen atoms in total. The Morgan fingerprint density at radius 2 is 2.14 bits per heavy atom. The van der Waals surface area contributed by atoms with E-state index in [2.05, 4.69) is 13.8 Å². The van der Waals surface area contributed by atoms with Gasteiger partial charge >= 0.3 is 0 Å². The lowest BCUT2D eigenvalue weighted by Crippen LogP contribution is -2.32. The lowest BCUT2D eigenvalue weighted by molar-refractivity contribution is 0.179. The maximum Gasteiger partial charge on any atom is 0.0935 e. The molecule has 1 rings (SSSR count). The number of hydrogen-bond donors (Lipinski definition) is 1. The zero-order valence-electron chi connectivity index (χ0n) is 9.16. The molecular weight excluding hydrogens is 216 g/mol. The van der Waals surface area contributed by atoms with Gasteiger partial charge in [-0.2, -0.15) is 0 Å². The maximum atomic E-state index is 11.9. The zero-order chi connectivity index (χ0) is 10.8. The molecule has 1 N–H and O–H groups in total. The Hall–Kier alpha value is 0.460. The van der Waals surface area contributed by atoms with Crippen molar-refractivity contribution in [2.45, 2.75) is 55.5 Å². The molecule has 4 heteroatoms. The normalized spacial score (nSPS) is 35.1. The second-order valence-electron chi connectivity index (χ2n) is 4.28. The van der Waals surface area contributed by atoms with Gasteiger partial charge in [0.05, 0.1) is 10.2 Å². The number of thioether (sulfide) groups is 1. The van der Waals surface area contributed by atoms with Crippen LogP contribution in [0.15, 0.2) is 0 Å². The van der Waals surface area contributed by atoms with Crippen LogP contribution in [-0.4, -0.2) is 30.5 Å². The van der Waals surface area contributed by atoms with Crippen LogP contribution in [0, 0.1) is 0 Å². The van der Waals surface area contributed by atoms with Crippen molar-refractivity contribution in [3.63, 3.8) is 0 Å². The summed E-state index contributed by atoms with van der Waals surface area (Å²) in [6, 6.07) is 0. The fraction of sp³-hybridized carbons (Fsp3) is 1.00. The van der Waals surface area contributed by atoms with E-state index in [1.54, 1.807) is 18.7 Å². The third kappa shape index (κ3) is 2.97. The van der Waals surface area contributed by atoms with E-state index in [1.807, 2.05) is 0 Å². The molecule has 1 heterocycles. The summed E-state index contributed by atoms with van der Waals surface area (Å²) in [5, 5.41) is 9.94. The van der Waals surface area contributed by atoms with Gasteiger partial charge in [0, 0.05) is 21.8 Å². The van der Waals surface area contributed by atoms with E-state index >= 15 is 0 Å². The molecule has 1 saturated heterocycles. The summed E-state index contributed by atoms with van der Waals surface area (Å²) in [7, 11) is -0.757. The van der Waals surface area contributed by atoms with Crippen molar-refractivity contribution in [1.29, 1.82) is 0 Å². The SMILES string of the molecule is CC(C)S[C@@]1(C[C@H](C)O)CCC[S@@]1=O. The van der Waals surface area contributed by atoms with E-state index in [4.69, 9.17) is 0 Å². The van der Waals surface area contributed by atoms with Crippen LogP contribution >= 0.6 is 11.8 Å². The molecule has 1 aliphatic heterocycles. The van der Waals surface area contributed by atoms with Crippen LogP contribution in [0.2, 0.25) is 0 Å². The van der Waals surface area contributed by atoms with Gasteiger partial charge in [0.25, 0.3) is 0 Å². The third-order valence-corrected chi connectivity index (χ3v) is 6.34. The summed E-state index contributed by atoms with van der Waals surface area (Å²) in [6.45, 7) is 6.05. The Labute approximate surface area is 93.3 Å². The molecule has 0 unspecified atom stereocenters. The molecule has 1 fully saturated rings. The topological polar surface area (TPSA) is 37.3 Å². The average molecular weight is 236 g/mol. The van der Waals surface area contributed by atoms with Crippen molar-refractivity contribution in [2.24, 2.45) is 0 Å². The number of hydrogen-bond acceptors (Lipinski definition) is 3. The number of aliphatic hydroxyl groups is 1. The molecule has 0 saturated carbocycles. The van der Waals surface area contributed by atoms with E-state index < -0.39 is 10.8 Å². The molecule has 14 heavy (non-hydrogen) atoms. The maximum absolute atomic E-state index is 11.9. The molecule has 0 aromatic rings. The summed E-state index contributed by atoms with van der Waals surface area (Å²) < 4.78 is 11.8. The summed E-state index contributed by atoms with van der Waals surface area (Å²) in [4.78, 5) is 0. The van der Waals surface area contributed by atoms with Crippen LogP contribution in [-0.2, 0) is 10.8 Å². The van der Waals surface area contributed by atoms with Crippen molar-refractivity contribution >= 4 is 22.6 Å². The summed E-state index contributed by atoms with van der Waals surface area (Å²) in [6.07, 6.45) is 2.36. The molecule has 0 radical (unpaired) electrons. The Bertz CT molecular complexity index is 204. The third-order valence-electron chi connectivity index (χ3n) is 2.36. The molecule has 0 amide bonds. The van der Waals surface area contributed by atoms with Crippen molar-refractivity contribution in [1.82, 2.24) is 0 Å². The fourth-order valence-corrected chi connectivity index (χ4v) is 6.30. The van der Waals surface area contributed by atoms with Crippen LogP contribution in [0.25, 0.3) is 0 Å². The lowest BCUT2D eigenvalue weighted by Gasteiger charge is -2.30. The first-order valence-electron chi connectivity index (χ1n) is 5.20. The summed E-state index contributed by atoms with van der Waals surface area (Å²) in [5.41, 5.74) is 0. The molecule has 84 valence electrons. The van der Waals surface area contributed by atoms with Gasteiger partial charge in [-0.15, -0.1) is 11.8 Å². The molecular formula is C10H20O2S2. The van der Waals surface area contributed by atoms with Crippen molar-refractivity contribution in [3.8, 4) is 0 Å². The van der Waals surface area contributed by atoms with Gasteiger partial charge in [0.2, 0.25) is 0 Å². The molecule has 0 aromatic heterocycles. The molecule has 0 aromatic carbocycles. The first-order valence-corrected chi connectivity index (χ1v) is 7.40. The van der Waals surface area contributed by atoms with Crippen molar-refractivity contribution in [2.75, 3.05) is 5.75 Å². The molecule has 1 aliphatic rings. The van der Waals surface area contributed by atoms with Crippen molar-refractivity contribution in [3.05, 3.63) is 0 Å². The Kier molecular flexibility index (Phi) is 4.47. The standard InChI is InChI=1S/C10H20O2S2/c1-8(2)13-10(7-9(3)11)5-4-6-14(10)12/h8-9,11H,4-7H2,1-3H3/t9-,10-,14-/m0/s1. The minimum atomic E-state index is -0.757. The van der Waals surface area contributed by atoms with Gasteiger partial charge in [-0.25, -0.2) is 0 Å². The van der Waals surface area contributed by atoms with Gasteiger partial charge in [-0.3, -0.25) is 4.21 Å². The monoisotopic (exact) mass is 236 g/mol. The first-order chi connectivity index (χ1) is 6.46. The second-order valence-corrected chi connectivity index (χ2v) is 8.38. The highest BCUT2D eigenvalue weighted by atomic mass is 32.2. The van der Waals surface area contributed by atoms with E-state index in [0.29, 0.717) is 11.7 Å². The van der Waals surface area contributed by atoms with Gasteiger partial charge < -0.3 is 5.11 Å². The molecule has 0 bridgehead atoms. The highest BCUT2D eigenvalue weighted by molar-refractivity contribution is 8.13. The second kappa shape index (κ2) is 4.99. The minimum absolute atomic E-state index is 0.164. The van der Waals surface area contributed by atoms with E-state index in [9.17, 15) is 9.32 Å². The average Bonchev–Trinajstić information content (AvgIpc) is 2.29. The lowest BCUT2D eigenvalue weighted by atomic mass is 10.1. The smallest absolute Gasteiger partial charge is 0.0935 e. The van der Waals surface area contributed by atoms with E-state index in [0.717, 1.165) is 18.6 Å². The Balaban J connectivity index is 2.73.